The van der Waals surface area contributed by atoms with Crippen LogP contribution in [-0.4, -0.2) is 174 Å². The van der Waals surface area contributed by atoms with Gasteiger partial charge in [0.05, 0.1) is 52.2 Å². The van der Waals surface area contributed by atoms with Crippen LogP contribution in [0.5, 0.6) is 0 Å². The summed E-state index contributed by atoms with van der Waals surface area (Å²) in [5.41, 5.74) is 16.0. The number of carbonyl (C=O) groups excluding carboxylic acids is 4. The highest BCUT2D eigenvalue weighted by molar-refractivity contribution is 6.62. The second-order valence-electron chi connectivity index (χ2n) is 16.4. The molecule has 390 valence electrons. The number of pyridine rings is 1. The zero-order chi connectivity index (χ0) is 54.0. The van der Waals surface area contributed by atoms with E-state index in [9.17, 15) is 39.0 Å². The van der Waals surface area contributed by atoms with E-state index in [0.29, 0.717) is 23.0 Å². The van der Waals surface area contributed by atoms with Crippen molar-refractivity contribution in [1.82, 2.24) is 20.5 Å². The average Bonchev–Trinajstić information content (AvgIpc) is 4.10. The Balaban J connectivity index is 0.000000281. The first kappa shape index (κ1) is 60.5. The Hall–Kier alpha value is -6.83. The Morgan fingerprint density at radius 3 is 1.64 bits per heavy atom. The zero-order valence-corrected chi connectivity index (χ0v) is 42.0. The lowest BCUT2D eigenvalue weighted by molar-refractivity contribution is -0.143. The molecule has 1 aromatic heterocycles. The number of methoxy groups -OCH3 is 2. The highest BCUT2D eigenvalue weighted by Gasteiger charge is 2.31. The maximum absolute atomic E-state index is 12.7. The zero-order valence-electron chi connectivity index (χ0n) is 42.0. The molecule has 7 rings (SSSR count). The monoisotopic (exact) mass is 1010 g/mol. The predicted molar refractivity (Wildman–Crippen MR) is 275 cm³/mol. The van der Waals surface area contributed by atoms with Crippen LogP contribution < -0.4 is 43.4 Å². The van der Waals surface area contributed by atoms with Gasteiger partial charge in [-0.2, -0.15) is 0 Å². The first-order chi connectivity index (χ1) is 34.8. The number of anilines is 1. The largest absolute Gasteiger partial charge is 0.491 e. The highest BCUT2D eigenvalue weighted by Crippen LogP contribution is 2.14. The molecule has 0 fully saturated rings. The van der Waals surface area contributed by atoms with E-state index < -0.39 is 63.2 Å². The fraction of sp³-hybridized carbons (Fsp3) is 0.383. The van der Waals surface area contributed by atoms with Crippen molar-refractivity contribution >= 4 is 79.2 Å². The lowest BCUT2D eigenvalue weighted by Crippen LogP contribution is -2.49. The molecule has 2 atom stereocenters. The summed E-state index contributed by atoms with van der Waals surface area (Å²) in [7, 11) is 7.42. The van der Waals surface area contributed by atoms with Gasteiger partial charge in [-0.15, -0.1) is 0 Å². The van der Waals surface area contributed by atoms with Gasteiger partial charge in [-0.3, -0.25) is 19.4 Å². The number of carboxylic acids is 1. The third-order valence-electron chi connectivity index (χ3n) is 10.6. The molecule has 0 unspecified atom stereocenters. The lowest BCUT2D eigenvalue weighted by Gasteiger charge is -2.17. The molecule has 3 aromatic carbocycles. The van der Waals surface area contributed by atoms with E-state index >= 15 is 0 Å². The number of carbonyl (C=O) groups is 5. The topological polar surface area (TPSA) is 333 Å². The summed E-state index contributed by atoms with van der Waals surface area (Å²) in [6, 6.07) is 18.9. The Bertz CT molecular complexity index is 2510. The summed E-state index contributed by atoms with van der Waals surface area (Å²) in [6.45, 7) is 5.44. The minimum Gasteiger partial charge on any atom is -0.478 e. The van der Waals surface area contributed by atoms with Crippen molar-refractivity contribution in [3.8, 4) is 0 Å². The van der Waals surface area contributed by atoms with Crippen LogP contribution in [0, 0.1) is 0 Å². The van der Waals surface area contributed by atoms with Gasteiger partial charge in [-0.1, -0.05) is 18.2 Å². The van der Waals surface area contributed by atoms with Crippen LogP contribution >= 0.6 is 0 Å². The number of aromatic nitrogens is 1. The number of aromatic carboxylic acids is 1. The fourth-order valence-electron chi connectivity index (χ4n) is 6.46. The number of fused-ring (bicyclic) bond motifs is 3. The first-order valence-corrected chi connectivity index (χ1v) is 22.9. The van der Waals surface area contributed by atoms with E-state index in [2.05, 4.69) is 55.3 Å². The number of nitrogens with two attached hydrogens (primary N) is 2. The fourth-order valence-corrected chi connectivity index (χ4v) is 6.46. The van der Waals surface area contributed by atoms with Crippen LogP contribution in [0.1, 0.15) is 61.1 Å². The molecule has 0 radical (unpaired) electrons. The van der Waals surface area contributed by atoms with Gasteiger partial charge in [-0.05, 0) is 116 Å². The van der Waals surface area contributed by atoms with Crippen molar-refractivity contribution in [3.63, 3.8) is 0 Å². The van der Waals surface area contributed by atoms with Crippen LogP contribution in [-0.2, 0) is 52.8 Å². The van der Waals surface area contributed by atoms with Crippen molar-refractivity contribution in [3.05, 3.63) is 113 Å². The second-order valence-corrected chi connectivity index (χ2v) is 16.4. The molecule has 0 saturated heterocycles. The molecule has 4 aromatic rings. The van der Waals surface area contributed by atoms with Gasteiger partial charge in [0.25, 0.3) is 11.8 Å². The Labute approximate surface area is 425 Å². The first-order valence-electron chi connectivity index (χ1n) is 22.9. The third-order valence-corrected chi connectivity index (χ3v) is 10.6. The Morgan fingerprint density at radius 2 is 1.23 bits per heavy atom. The maximum atomic E-state index is 12.7. The SMILES string of the molecule is CCN=C=NCCCN(C)C.CN(C)c1ccncc1.COC(=O)[C@@H](N)CN.COC(=O)[C@H](CNC(=O)c1ccc2c(c1)B(O)OC2)NC(=O)c1ccc2c(c1)B(O)OC2.O=C(O)c1ccc2c(c1)B(O)OC2. The molecule has 23 nitrogen and oxygen atoms in total. The number of ether oxygens (including phenoxy) is 2. The number of nitrogens with one attached hydrogen (secondary N) is 2. The van der Waals surface area contributed by atoms with Gasteiger partial charge >= 0.3 is 39.3 Å². The molecule has 0 saturated carbocycles. The number of hydrogen-bond acceptors (Lipinski definition) is 20. The molecule has 0 spiro atoms. The molecule has 73 heavy (non-hydrogen) atoms. The van der Waals surface area contributed by atoms with Crippen LogP contribution in [0.4, 0.5) is 5.69 Å². The highest BCUT2D eigenvalue weighted by atomic mass is 16.5. The summed E-state index contributed by atoms with van der Waals surface area (Å²) >= 11 is 0. The summed E-state index contributed by atoms with van der Waals surface area (Å²) in [5, 5.41) is 42.7. The number of amides is 2. The molecular weight excluding hydrogens is 947 g/mol. The van der Waals surface area contributed by atoms with Gasteiger partial charge in [-0.25, -0.2) is 19.6 Å². The van der Waals surface area contributed by atoms with Gasteiger partial charge in [0, 0.05) is 62.9 Å². The standard InChI is InChI=1S/C20H20B2N2O8.C8H7BO4.C8H17N3.C7H10N2.C4H10N2O2/c1-30-20(27)17(24-19(26)12-3-5-14-10-32-22(29)16(14)7-12)8-23-18(25)11-2-4-13-9-31-21(28)15(13)6-11;10-8(11)5-1-2-6-4-13-9(12)7(6)3-5;1-4-9-8-10-6-5-7-11(2)3;1-9(2)7-3-5-8-6-4-7;1-8-4(7)3(6)2-5/h2-7,17,28-29H,8-10H2,1H3,(H,23,25)(H,24,26);1-3,12H,4H2,(H,10,11);4-7H2,1-3H3;3-6H,1-2H3;3H,2,5-6H2,1H3/t17-;;;;3-/m0...0/s1. The van der Waals surface area contributed by atoms with E-state index in [0.717, 1.165) is 42.7 Å². The normalized spacial score (nSPS) is 13.1. The van der Waals surface area contributed by atoms with E-state index in [1.807, 2.05) is 38.1 Å². The molecule has 26 heteroatoms. The molecule has 0 bridgehead atoms. The second kappa shape index (κ2) is 31.6. The molecule has 0 aliphatic carbocycles. The Morgan fingerprint density at radius 1 is 0.753 bits per heavy atom. The van der Waals surface area contributed by atoms with Crippen molar-refractivity contribution in [2.75, 3.05) is 80.0 Å². The van der Waals surface area contributed by atoms with Gasteiger partial charge in [0.1, 0.15) is 12.1 Å². The Kier molecular flexibility index (Phi) is 26.2. The van der Waals surface area contributed by atoms with Crippen LogP contribution in [0.25, 0.3) is 0 Å². The van der Waals surface area contributed by atoms with E-state index in [4.69, 9.17) is 35.3 Å². The molecule has 2 amide bonds. The number of aliphatic imine (C=N–C) groups is 2. The minimum absolute atomic E-state index is 0.132. The van der Waals surface area contributed by atoms with Crippen LogP contribution in [0.2, 0.25) is 0 Å². The minimum atomic E-state index is -1.14. The molecule has 4 heterocycles. The summed E-state index contributed by atoms with van der Waals surface area (Å²) < 4.78 is 24.1. The summed E-state index contributed by atoms with van der Waals surface area (Å²) in [6.07, 6.45) is 4.66. The van der Waals surface area contributed by atoms with E-state index in [-0.39, 0.29) is 43.0 Å². The number of rotatable bonds is 15. The van der Waals surface area contributed by atoms with Crippen molar-refractivity contribution in [2.24, 2.45) is 21.5 Å². The molecule has 10 N–H and O–H groups in total. The van der Waals surface area contributed by atoms with E-state index in [1.54, 1.807) is 42.7 Å². The third kappa shape index (κ3) is 20.0. The smallest absolute Gasteiger partial charge is 0.478 e. The van der Waals surface area contributed by atoms with Gasteiger partial charge in [0.15, 0.2) is 0 Å². The van der Waals surface area contributed by atoms with Crippen molar-refractivity contribution in [1.29, 1.82) is 0 Å². The average molecular weight is 1010 g/mol. The number of nitrogens with zero attached hydrogens (tertiary/aromatic N) is 5. The quantitative estimate of drug-likeness (QED) is 0.0280. The molecule has 3 aliphatic heterocycles. The van der Waals surface area contributed by atoms with E-state index in [1.165, 1.54) is 44.2 Å². The molecular formula is C47H64B3N9O14. The van der Waals surface area contributed by atoms with Gasteiger partial charge < -0.3 is 75.5 Å². The summed E-state index contributed by atoms with van der Waals surface area (Å²) in [4.78, 5) is 74.2. The number of esters is 2. The number of hydrogen-bond donors (Lipinski definition) is 8. The van der Waals surface area contributed by atoms with Crippen molar-refractivity contribution < 1.29 is 67.6 Å². The van der Waals surface area contributed by atoms with Crippen molar-refractivity contribution in [2.45, 2.75) is 45.2 Å². The van der Waals surface area contributed by atoms with Crippen LogP contribution in [0.3, 0.4) is 0 Å². The maximum Gasteiger partial charge on any atom is 0.491 e. The number of carboxylic acid groups (broad SMARTS) is 1. The van der Waals surface area contributed by atoms with Crippen LogP contribution in [0.15, 0.2) is 89.1 Å². The summed E-state index contributed by atoms with van der Waals surface area (Å²) in [5.74, 6) is -3.27. The molecule has 3 aliphatic rings. The van der Waals surface area contributed by atoms with Gasteiger partial charge in [0.2, 0.25) is 0 Å². The predicted octanol–water partition coefficient (Wildman–Crippen LogP) is -1.85. The number of benzene rings is 3. The lowest BCUT2D eigenvalue weighted by atomic mass is 9.78.